The molecule has 2 heterocycles. The van der Waals surface area contributed by atoms with Gasteiger partial charge in [0, 0.05) is 22.6 Å². The first-order valence-electron chi connectivity index (χ1n) is 17.4. The summed E-state index contributed by atoms with van der Waals surface area (Å²) in [4.78, 5) is 5.24. The first-order chi connectivity index (χ1) is 25.2. The summed E-state index contributed by atoms with van der Waals surface area (Å²) in [5, 5.41) is 12.6. The van der Waals surface area contributed by atoms with Gasteiger partial charge in [0.25, 0.3) is 0 Å². The molecule has 1 unspecified atom stereocenters. The molecule has 8 aromatic carbocycles. The van der Waals surface area contributed by atoms with Crippen LogP contribution < -0.4 is 0 Å². The Bertz CT molecular complexity index is 2830. The van der Waals surface area contributed by atoms with Crippen LogP contribution in [0.15, 0.2) is 193 Å². The van der Waals surface area contributed by atoms with Crippen molar-refractivity contribution in [3.05, 3.63) is 210 Å². The number of rotatable bonds is 5. The van der Waals surface area contributed by atoms with E-state index < -0.39 is 0 Å². The minimum atomic E-state index is -0.381. The van der Waals surface area contributed by atoms with Crippen LogP contribution in [0.5, 0.6) is 0 Å². The van der Waals surface area contributed by atoms with Gasteiger partial charge < -0.3 is 9.88 Å². The van der Waals surface area contributed by atoms with Crippen LogP contribution in [0.2, 0.25) is 0 Å². The van der Waals surface area contributed by atoms with E-state index in [1.807, 2.05) is 6.07 Å². The highest BCUT2D eigenvalue weighted by molar-refractivity contribution is 6.15. The monoisotopic (exact) mass is 650 g/mol. The van der Waals surface area contributed by atoms with E-state index in [0.29, 0.717) is 0 Å². The first kappa shape index (κ1) is 29.2. The van der Waals surface area contributed by atoms with Gasteiger partial charge in [-0.1, -0.05) is 152 Å². The molecule has 1 aliphatic rings. The van der Waals surface area contributed by atoms with Crippen LogP contribution >= 0.6 is 0 Å². The van der Waals surface area contributed by atoms with Crippen LogP contribution in [0.3, 0.4) is 0 Å². The summed E-state index contributed by atoms with van der Waals surface area (Å²) in [5.74, 6) is 0. The summed E-state index contributed by atoms with van der Waals surface area (Å²) >= 11 is 0. The predicted octanol–water partition coefficient (Wildman–Crippen LogP) is 12.7. The minimum Gasteiger partial charge on any atom is -0.659 e. The maximum atomic E-state index is 5.29. The standard InChI is InChI=1S/C48H32N3/c1-3-12-32(13-4-1)35-18-11-19-38(26-35)45-31-44(34-14-5-2-6-15-34)49-48(50-45)39-23-22-33-24-25-41(28-40(33)27-39)51-46-21-10-9-20-42(46)43-29-36-16-7-8-17-37(36)30-47(43)51/h1-31,48H/q-1. The number of allylic oxidation sites excluding steroid dienone is 1. The van der Waals surface area contributed by atoms with Crippen LogP contribution in [-0.2, 0) is 0 Å². The molecule has 0 radical (unpaired) electrons. The second kappa shape index (κ2) is 12.0. The van der Waals surface area contributed by atoms with Crippen molar-refractivity contribution in [2.24, 2.45) is 4.99 Å². The van der Waals surface area contributed by atoms with Crippen molar-refractivity contribution in [1.82, 2.24) is 4.57 Å². The van der Waals surface area contributed by atoms with Crippen LogP contribution in [0.25, 0.3) is 71.2 Å². The lowest BCUT2D eigenvalue weighted by Crippen LogP contribution is -2.09. The Balaban J connectivity index is 1.09. The molecular formula is C48H32N3-. The van der Waals surface area contributed by atoms with Gasteiger partial charge >= 0.3 is 0 Å². The van der Waals surface area contributed by atoms with Gasteiger partial charge in [-0.15, -0.1) is 5.70 Å². The summed E-state index contributed by atoms with van der Waals surface area (Å²) in [6.45, 7) is 0. The first-order valence-corrected chi connectivity index (χ1v) is 17.4. The fraction of sp³-hybridized carbons (Fsp3) is 0.0208. The molecule has 240 valence electrons. The second-order valence-electron chi connectivity index (χ2n) is 13.2. The van der Waals surface area contributed by atoms with Crippen LogP contribution in [0.1, 0.15) is 22.9 Å². The number of hydrogen-bond donors (Lipinski definition) is 0. The highest BCUT2D eigenvalue weighted by atomic mass is 15.1. The van der Waals surface area contributed by atoms with E-state index in [0.717, 1.165) is 39.2 Å². The number of fused-ring (bicyclic) bond motifs is 5. The van der Waals surface area contributed by atoms with E-state index in [-0.39, 0.29) is 6.17 Å². The molecule has 0 N–H and O–H groups in total. The van der Waals surface area contributed by atoms with Gasteiger partial charge in [-0.2, -0.15) is 0 Å². The summed E-state index contributed by atoms with van der Waals surface area (Å²) in [6, 6.07) is 65.0. The van der Waals surface area contributed by atoms with Gasteiger partial charge in [0.15, 0.2) is 0 Å². The lowest BCUT2D eigenvalue weighted by atomic mass is 9.98. The lowest BCUT2D eigenvalue weighted by Gasteiger charge is -2.37. The fourth-order valence-electron chi connectivity index (χ4n) is 7.54. The molecular weight excluding hydrogens is 619 g/mol. The average molecular weight is 651 g/mol. The Kier molecular flexibility index (Phi) is 6.88. The van der Waals surface area contributed by atoms with Crippen molar-refractivity contribution in [2.45, 2.75) is 6.17 Å². The van der Waals surface area contributed by atoms with Gasteiger partial charge in [-0.25, -0.2) is 0 Å². The molecule has 3 nitrogen and oxygen atoms in total. The zero-order valence-corrected chi connectivity index (χ0v) is 27.8. The van der Waals surface area contributed by atoms with E-state index in [4.69, 9.17) is 10.3 Å². The number of nitrogens with zero attached hydrogens (tertiary/aromatic N) is 3. The molecule has 1 atom stereocenters. The van der Waals surface area contributed by atoms with Gasteiger partial charge in [0.1, 0.15) is 0 Å². The molecule has 0 fully saturated rings. The molecule has 1 aliphatic heterocycles. The molecule has 51 heavy (non-hydrogen) atoms. The van der Waals surface area contributed by atoms with Crippen molar-refractivity contribution >= 4 is 54.8 Å². The number of para-hydroxylation sites is 1. The zero-order chi connectivity index (χ0) is 33.7. The SMILES string of the molecule is C1=C(c2cccc(-c3ccccc3)c2)[N-]C(c2ccc3ccc(-n4c5ccccc5c5cc6ccccc6cc54)cc3c2)N=C1c1ccccc1. The van der Waals surface area contributed by atoms with Crippen molar-refractivity contribution in [2.75, 3.05) is 0 Å². The Morgan fingerprint density at radius 1 is 0.431 bits per heavy atom. The van der Waals surface area contributed by atoms with Crippen molar-refractivity contribution < 1.29 is 0 Å². The summed E-state index contributed by atoms with van der Waals surface area (Å²) in [5.41, 5.74) is 11.0. The second-order valence-corrected chi connectivity index (χ2v) is 13.2. The number of aromatic nitrogens is 1. The van der Waals surface area contributed by atoms with Crippen LogP contribution in [0.4, 0.5) is 0 Å². The van der Waals surface area contributed by atoms with Gasteiger partial charge in [0.05, 0.1) is 16.7 Å². The molecule has 9 aromatic rings. The third-order valence-electron chi connectivity index (χ3n) is 10.1. The minimum absolute atomic E-state index is 0.381. The van der Waals surface area contributed by atoms with Crippen LogP contribution in [0, 0.1) is 0 Å². The molecule has 0 saturated carbocycles. The third-order valence-corrected chi connectivity index (χ3v) is 10.1. The molecule has 10 rings (SSSR count). The maximum Gasteiger partial charge on any atom is 0.0623 e. The fourth-order valence-corrected chi connectivity index (χ4v) is 7.54. The van der Waals surface area contributed by atoms with E-state index in [2.05, 4.69) is 187 Å². The van der Waals surface area contributed by atoms with Gasteiger partial charge in [0.2, 0.25) is 0 Å². The average Bonchev–Trinajstić information content (AvgIpc) is 3.53. The third kappa shape index (κ3) is 5.19. The Morgan fingerprint density at radius 2 is 1.12 bits per heavy atom. The predicted molar refractivity (Wildman–Crippen MR) is 215 cm³/mol. The van der Waals surface area contributed by atoms with E-state index >= 15 is 0 Å². The summed E-state index contributed by atoms with van der Waals surface area (Å²) in [6.07, 6.45) is 1.74. The lowest BCUT2D eigenvalue weighted by molar-refractivity contribution is 0.881. The number of aliphatic imine (C=N–C) groups is 1. The summed E-state index contributed by atoms with van der Waals surface area (Å²) < 4.78 is 2.40. The van der Waals surface area contributed by atoms with E-state index in [1.54, 1.807) is 0 Å². The number of hydrogen-bond acceptors (Lipinski definition) is 1. The molecule has 0 spiro atoms. The van der Waals surface area contributed by atoms with Crippen molar-refractivity contribution in [3.63, 3.8) is 0 Å². The van der Waals surface area contributed by atoms with E-state index in [1.165, 1.54) is 49.1 Å². The largest absolute Gasteiger partial charge is 0.659 e. The van der Waals surface area contributed by atoms with Crippen LogP contribution in [-0.4, -0.2) is 10.3 Å². The van der Waals surface area contributed by atoms with E-state index in [9.17, 15) is 0 Å². The van der Waals surface area contributed by atoms with Gasteiger partial charge in [-0.3, -0.25) is 4.99 Å². The highest BCUT2D eigenvalue weighted by Gasteiger charge is 2.16. The Morgan fingerprint density at radius 3 is 1.96 bits per heavy atom. The van der Waals surface area contributed by atoms with Gasteiger partial charge in [-0.05, 0) is 85.8 Å². The quantitative estimate of drug-likeness (QED) is 0.178. The maximum absolute atomic E-state index is 5.29. The Labute approximate surface area is 296 Å². The smallest absolute Gasteiger partial charge is 0.0623 e. The molecule has 1 aromatic heterocycles. The summed E-state index contributed by atoms with van der Waals surface area (Å²) in [7, 11) is 0. The topological polar surface area (TPSA) is 31.4 Å². The zero-order valence-electron chi connectivity index (χ0n) is 27.8. The normalized spacial score (nSPS) is 14.5. The molecule has 0 saturated heterocycles. The molecule has 3 heteroatoms. The molecule has 0 aliphatic carbocycles. The highest BCUT2D eigenvalue weighted by Crippen LogP contribution is 2.40. The van der Waals surface area contributed by atoms with Crippen molar-refractivity contribution in [3.8, 4) is 16.8 Å². The number of benzene rings is 8. The Hall–Kier alpha value is -6.71. The molecule has 0 amide bonds. The van der Waals surface area contributed by atoms with Crippen molar-refractivity contribution in [1.29, 1.82) is 0 Å². The molecule has 0 bridgehead atoms.